The van der Waals surface area contributed by atoms with E-state index in [4.69, 9.17) is 0 Å². The molecule has 0 saturated carbocycles. The van der Waals surface area contributed by atoms with E-state index in [1.165, 1.54) is 0 Å². The Morgan fingerprint density at radius 1 is 1.22 bits per heavy atom. The van der Waals surface area contributed by atoms with Gasteiger partial charge >= 0.3 is 0 Å². The highest BCUT2D eigenvalue weighted by Gasteiger charge is 2.22. The number of hydrogen-bond acceptors (Lipinski definition) is 5. The zero-order valence-electron chi connectivity index (χ0n) is 15.9. The summed E-state index contributed by atoms with van der Waals surface area (Å²) in [5.74, 6) is 1.37. The van der Waals surface area contributed by atoms with Gasteiger partial charge in [0.2, 0.25) is 0 Å². The van der Waals surface area contributed by atoms with Gasteiger partial charge in [-0.2, -0.15) is 0 Å². The van der Waals surface area contributed by atoms with Crippen LogP contribution in [0.15, 0.2) is 40.5 Å². The molecule has 1 fully saturated rings. The lowest BCUT2D eigenvalue weighted by Gasteiger charge is -2.36. The van der Waals surface area contributed by atoms with Gasteiger partial charge in [-0.05, 0) is 18.6 Å². The maximum Gasteiger partial charge on any atom is 0.293 e. The van der Waals surface area contributed by atoms with Gasteiger partial charge in [-0.15, -0.1) is 24.0 Å². The van der Waals surface area contributed by atoms with E-state index in [0.29, 0.717) is 12.4 Å². The number of halogens is 1. The van der Waals surface area contributed by atoms with E-state index in [2.05, 4.69) is 38.2 Å². The smallest absolute Gasteiger partial charge is 0.293 e. The lowest BCUT2D eigenvalue weighted by atomic mass is 10.2. The number of pyridine rings is 1. The van der Waals surface area contributed by atoms with Crippen LogP contribution in [0, 0.1) is 6.92 Å². The largest absolute Gasteiger partial charge is 0.351 e. The Balaban J connectivity index is 0.00000261. The molecule has 8 nitrogen and oxygen atoms in total. The molecular formula is C18H26IN7O. The van der Waals surface area contributed by atoms with Crippen molar-refractivity contribution in [3.63, 3.8) is 0 Å². The Bertz CT molecular complexity index is 844. The van der Waals surface area contributed by atoms with Gasteiger partial charge in [0, 0.05) is 58.9 Å². The molecule has 0 spiro atoms. The molecule has 0 unspecified atom stereocenters. The Labute approximate surface area is 176 Å². The van der Waals surface area contributed by atoms with Crippen LogP contribution in [0.3, 0.4) is 0 Å². The van der Waals surface area contributed by atoms with Crippen molar-refractivity contribution < 1.29 is 0 Å². The minimum atomic E-state index is -0.0610. The fourth-order valence-corrected chi connectivity index (χ4v) is 3.03. The predicted molar refractivity (Wildman–Crippen MR) is 118 cm³/mol. The zero-order chi connectivity index (χ0) is 18.5. The first-order chi connectivity index (χ1) is 12.6. The normalized spacial score (nSPS) is 14.7. The number of aromatic nitrogens is 3. The van der Waals surface area contributed by atoms with E-state index in [1.54, 1.807) is 37.3 Å². The summed E-state index contributed by atoms with van der Waals surface area (Å²) in [4.78, 5) is 29.5. The summed E-state index contributed by atoms with van der Waals surface area (Å²) in [6, 6.07) is 3.99. The molecule has 1 saturated heterocycles. The van der Waals surface area contributed by atoms with Crippen LogP contribution >= 0.6 is 24.0 Å². The highest BCUT2D eigenvalue weighted by molar-refractivity contribution is 14.0. The van der Waals surface area contributed by atoms with Crippen LogP contribution in [-0.4, -0.2) is 58.6 Å². The molecular weight excluding hydrogens is 457 g/mol. The van der Waals surface area contributed by atoms with Crippen molar-refractivity contribution in [3.8, 4) is 0 Å². The van der Waals surface area contributed by atoms with Crippen LogP contribution in [0.4, 0.5) is 5.82 Å². The summed E-state index contributed by atoms with van der Waals surface area (Å²) in [5.41, 5.74) is 2.12. The van der Waals surface area contributed by atoms with Gasteiger partial charge in [0.25, 0.3) is 5.56 Å². The van der Waals surface area contributed by atoms with Crippen LogP contribution in [-0.2, 0) is 13.6 Å². The van der Waals surface area contributed by atoms with Crippen molar-refractivity contribution in [2.24, 2.45) is 12.0 Å². The summed E-state index contributed by atoms with van der Waals surface area (Å²) < 4.78 is 1.56. The maximum absolute atomic E-state index is 12.2. The molecule has 1 N–H and O–H groups in total. The second-order valence-corrected chi connectivity index (χ2v) is 6.31. The lowest BCUT2D eigenvalue weighted by Crippen LogP contribution is -2.53. The van der Waals surface area contributed by atoms with Crippen LogP contribution in [0.2, 0.25) is 0 Å². The SMILES string of the molecule is CN=C(NCc1ncccc1C)N1CCN(c2nccn(C)c2=O)CC1.I. The third-order valence-electron chi connectivity index (χ3n) is 4.62. The fourth-order valence-electron chi connectivity index (χ4n) is 3.03. The zero-order valence-corrected chi connectivity index (χ0v) is 18.3. The Hall–Kier alpha value is -2.17. The topological polar surface area (TPSA) is 78.7 Å². The molecule has 146 valence electrons. The number of nitrogens with zero attached hydrogens (tertiary/aromatic N) is 6. The van der Waals surface area contributed by atoms with Crippen molar-refractivity contribution >= 4 is 35.8 Å². The Kier molecular flexibility index (Phi) is 7.57. The minimum Gasteiger partial charge on any atom is -0.351 e. The first-order valence-corrected chi connectivity index (χ1v) is 8.73. The molecule has 3 heterocycles. The van der Waals surface area contributed by atoms with E-state index in [-0.39, 0.29) is 29.5 Å². The van der Waals surface area contributed by atoms with Crippen molar-refractivity contribution in [1.29, 1.82) is 0 Å². The van der Waals surface area contributed by atoms with E-state index >= 15 is 0 Å². The quantitative estimate of drug-likeness (QED) is 0.399. The predicted octanol–water partition coefficient (Wildman–Crippen LogP) is 0.999. The monoisotopic (exact) mass is 483 g/mol. The average molecular weight is 483 g/mol. The molecule has 0 bridgehead atoms. The van der Waals surface area contributed by atoms with Crippen molar-refractivity contribution in [2.45, 2.75) is 13.5 Å². The molecule has 1 aliphatic heterocycles. The number of rotatable bonds is 3. The standard InChI is InChI=1S/C18H25N7O.HI/c1-14-5-4-6-20-15(14)13-22-18(19-2)25-11-9-24(10-12-25)16-17(26)23(3)8-7-21-16;/h4-8H,9-13H2,1-3H3,(H,19,22);1H. The van der Waals surface area contributed by atoms with Gasteiger partial charge in [0.05, 0.1) is 12.2 Å². The van der Waals surface area contributed by atoms with Crippen LogP contribution in [0.25, 0.3) is 0 Å². The molecule has 1 aliphatic rings. The van der Waals surface area contributed by atoms with Crippen LogP contribution < -0.4 is 15.8 Å². The number of anilines is 1. The Morgan fingerprint density at radius 3 is 2.63 bits per heavy atom. The van der Waals surface area contributed by atoms with Crippen LogP contribution in [0.1, 0.15) is 11.3 Å². The summed E-state index contributed by atoms with van der Waals surface area (Å²) >= 11 is 0. The summed E-state index contributed by atoms with van der Waals surface area (Å²) in [6.45, 7) is 5.71. The van der Waals surface area contributed by atoms with Gasteiger partial charge < -0.3 is 19.7 Å². The molecule has 2 aromatic heterocycles. The summed E-state index contributed by atoms with van der Waals surface area (Å²) in [5, 5.41) is 3.38. The highest BCUT2D eigenvalue weighted by Crippen LogP contribution is 2.09. The molecule has 3 rings (SSSR count). The van der Waals surface area contributed by atoms with Gasteiger partial charge in [0.15, 0.2) is 11.8 Å². The van der Waals surface area contributed by atoms with Gasteiger partial charge in [-0.1, -0.05) is 6.07 Å². The second-order valence-electron chi connectivity index (χ2n) is 6.31. The minimum absolute atomic E-state index is 0. The average Bonchev–Trinajstić information content (AvgIpc) is 2.66. The third-order valence-corrected chi connectivity index (χ3v) is 4.62. The van der Waals surface area contributed by atoms with E-state index in [1.807, 2.05) is 11.0 Å². The molecule has 0 amide bonds. The van der Waals surface area contributed by atoms with Crippen molar-refractivity contribution in [2.75, 3.05) is 38.1 Å². The number of aliphatic imine (C=N–C) groups is 1. The van der Waals surface area contributed by atoms with Crippen molar-refractivity contribution in [3.05, 3.63) is 52.3 Å². The van der Waals surface area contributed by atoms with Gasteiger partial charge in [-0.3, -0.25) is 14.8 Å². The van der Waals surface area contributed by atoms with E-state index < -0.39 is 0 Å². The number of piperazine rings is 1. The third kappa shape index (κ3) is 4.96. The van der Waals surface area contributed by atoms with Gasteiger partial charge in [0.1, 0.15) is 0 Å². The number of nitrogens with one attached hydrogen (secondary N) is 1. The second kappa shape index (κ2) is 9.67. The highest BCUT2D eigenvalue weighted by atomic mass is 127. The molecule has 0 aromatic carbocycles. The molecule has 0 atom stereocenters. The summed E-state index contributed by atoms with van der Waals surface area (Å²) in [7, 11) is 3.53. The van der Waals surface area contributed by atoms with Crippen LogP contribution in [0.5, 0.6) is 0 Å². The molecule has 9 heteroatoms. The number of aryl methyl sites for hydroxylation is 2. The molecule has 0 aliphatic carbocycles. The molecule has 2 aromatic rings. The van der Waals surface area contributed by atoms with E-state index in [9.17, 15) is 4.79 Å². The van der Waals surface area contributed by atoms with E-state index in [0.717, 1.165) is 43.4 Å². The molecule has 27 heavy (non-hydrogen) atoms. The fraction of sp³-hybridized carbons (Fsp3) is 0.444. The van der Waals surface area contributed by atoms with Crippen molar-refractivity contribution in [1.82, 2.24) is 24.8 Å². The molecule has 0 radical (unpaired) electrons. The lowest BCUT2D eigenvalue weighted by molar-refractivity contribution is 0.370. The first-order valence-electron chi connectivity index (χ1n) is 8.73. The summed E-state index contributed by atoms with van der Waals surface area (Å²) in [6.07, 6.45) is 5.14. The number of guanidine groups is 1. The number of hydrogen-bond donors (Lipinski definition) is 1. The van der Waals surface area contributed by atoms with Gasteiger partial charge in [-0.25, -0.2) is 4.98 Å². The maximum atomic E-state index is 12.2. The Morgan fingerprint density at radius 2 is 1.96 bits per heavy atom. The first kappa shape index (κ1) is 21.1.